The molecule has 6 heteroatoms. The van der Waals surface area contributed by atoms with Gasteiger partial charge in [0.1, 0.15) is 6.61 Å². The maximum atomic E-state index is 11.9. The molecule has 0 unspecified atom stereocenters. The molecule has 0 aliphatic heterocycles. The molecule has 2 rings (SSSR count). The molecular weight excluding hydrogens is 284 g/mol. The molecule has 1 N–H and O–H groups in total. The Balaban J connectivity index is 1.89. The van der Waals surface area contributed by atoms with E-state index in [0.29, 0.717) is 11.3 Å². The molecule has 0 atom stereocenters. The second kappa shape index (κ2) is 7.78. The Hall–Kier alpha value is -2.89. The van der Waals surface area contributed by atoms with Gasteiger partial charge in [0.05, 0.1) is 0 Å². The minimum absolute atomic E-state index is 0.0104. The minimum Gasteiger partial charge on any atom is -0.465 e. The fraction of sp³-hybridized carbons (Fsp3) is 0.188. The van der Waals surface area contributed by atoms with Crippen LogP contribution in [0.2, 0.25) is 0 Å². The van der Waals surface area contributed by atoms with Crippen molar-refractivity contribution in [1.82, 2.24) is 9.88 Å². The van der Waals surface area contributed by atoms with Crippen molar-refractivity contribution in [3.63, 3.8) is 0 Å². The van der Waals surface area contributed by atoms with Crippen molar-refractivity contribution >= 4 is 12.2 Å². The Morgan fingerprint density at radius 2 is 1.73 bits per heavy atom. The monoisotopic (exact) mass is 300 g/mol. The second-order valence-electron chi connectivity index (χ2n) is 4.58. The SMILES string of the molecule is O=C(O)N(CCc1ccccc1)C(=O)OCc1ccncc1. The zero-order valence-electron chi connectivity index (χ0n) is 11.9. The van der Waals surface area contributed by atoms with E-state index < -0.39 is 12.2 Å². The van der Waals surface area contributed by atoms with Crippen LogP contribution in [0.5, 0.6) is 0 Å². The number of carbonyl (C=O) groups is 2. The Bertz CT molecular complexity index is 617. The number of aromatic nitrogens is 1. The normalized spacial score (nSPS) is 10.0. The number of hydrogen-bond acceptors (Lipinski definition) is 4. The molecule has 0 saturated carbocycles. The van der Waals surface area contributed by atoms with E-state index in [1.807, 2.05) is 30.3 Å². The van der Waals surface area contributed by atoms with Crippen LogP contribution >= 0.6 is 0 Å². The standard InChI is InChI=1S/C16H16N2O4/c19-15(20)18(11-8-13-4-2-1-3-5-13)16(21)22-12-14-6-9-17-10-7-14/h1-7,9-10H,8,11-12H2,(H,19,20). The molecule has 0 aliphatic carbocycles. The highest BCUT2D eigenvalue weighted by Gasteiger charge is 2.21. The number of ether oxygens (including phenoxy) is 1. The molecule has 1 heterocycles. The first-order chi connectivity index (χ1) is 10.7. The Kier molecular flexibility index (Phi) is 5.48. The van der Waals surface area contributed by atoms with Crippen molar-refractivity contribution in [1.29, 1.82) is 0 Å². The molecule has 22 heavy (non-hydrogen) atoms. The maximum absolute atomic E-state index is 11.9. The molecule has 6 nitrogen and oxygen atoms in total. The second-order valence-corrected chi connectivity index (χ2v) is 4.58. The summed E-state index contributed by atoms with van der Waals surface area (Å²) in [5.74, 6) is 0. The van der Waals surface area contributed by atoms with Gasteiger partial charge in [-0.15, -0.1) is 0 Å². The summed E-state index contributed by atoms with van der Waals surface area (Å²) < 4.78 is 5.02. The highest BCUT2D eigenvalue weighted by molar-refractivity contribution is 5.86. The predicted octanol–water partition coefficient (Wildman–Crippen LogP) is 2.94. The molecule has 0 aliphatic rings. The van der Waals surface area contributed by atoms with Crippen LogP contribution in [-0.2, 0) is 17.8 Å². The Morgan fingerprint density at radius 3 is 2.36 bits per heavy atom. The lowest BCUT2D eigenvalue weighted by molar-refractivity contribution is 0.0900. The molecule has 0 radical (unpaired) electrons. The Labute approximate surface area is 128 Å². The minimum atomic E-state index is -1.32. The third kappa shape index (κ3) is 4.59. The van der Waals surface area contributed by atoms with Gasteiger partial charge in [-0.25, -0.2) is 14.5 Å². The number of benzene rings is 1. The molecule has 2 amide bonds. The number of imide groups is 1. The number of amides is 2. The van der Waals surface area contributed by atoms with Crippen molar-refractivity contribution in [2.45, 2.75) is 13.0 Å². The summed E-state index contributed by atoms with van der Waals surface area (Å²) in [7, 11) is 0. The van der Waals surface area contributed by atoms with Crippen LogP contribution in [-0.4, -0.2) is 33.7 Å². The fourth-order valence-corrected chi connectivity index (χ4v) is 1.85. The summed E-state index contributed by atoms with van der Waals surface area (Å²) in [4.78, 5) is 27.6. The van der Waals surface area contributed by atoms with Crippen molar-refractivity contribution < 1.29 is 19.4 Å². The molecule has 0 fully saturated rings. The highest BCUT2D eigenvalue weighted by atomic mass is 16.6. The third-order valence-electron chi connectivity index (χ3n) is 3.03. The smallest absolute Gasteiger partial charge is 0.419 e. The van der Waals surface area contributed by atoms with Gasteiger partial charge in [0.2, 0.25) is 0 Å². The van der Waals surface area contributed by atoms with E-state index in [1.165, 1.54) is 0 Å². The van der Waals surface area contributed by atoms with Gasteiger partial charge in [0.15, 0.2) is 0 Å². The van der Waals surface area contributed by atoms with Gasteiger partial charge in [0.25, 0.3) is 0 Å². The van der Waals surface area contributed by atoms with E-state index in [-0.39, 0.29) is 13.2 Å². The van der Waals surface area contributed by atoms with Crippen LogP contribution in [0, 0.1) is 0 Å². The summed E-state index contributed by atoms with van der Waals surface area (Å²) in [5.41, 5.74) is 1.70. The lowest BCUT2D eigenvalue weighted by atomic mass is 10.1. The van der Waals surface area contributed by atoms with E-state index in [4.69, 9.17) is 9.84 Å². The first-order valence-electron chi connectivity index (χ1n) is 6.77. The Morgan fingerprint density at radius 1 is 1.05 bits per heavy atom. The lowest BCUT2D eigenvalue weighted by Gasteiger charge is -2.17. The van der Waals surface area contributed by atoms with Gasteiger partial charge < -0.3 is 9.84 Å². The zero-order chi connectivity index (χ0) is 15.8. The molecule has 1 aromatic carbocycles. The molecule has 0 bridgehead atoms. The largest absolute Gasteiger partial charge is 0.465 e. The number of pyridine rings is 1. The van der Waals surface area contributed by atoms with Gasteiger partial charge in [-0.2, -0.15) is 0 Å². The predicted molar refractivity (Wildman–Crippen MR) is 79.3 cm³/mol. The van der Waals surface area contributed by atoms with E-state index in [2.05, 4.69) is 4.98 Å². The van der Waals surface area contributed by atoms with Gasteiger partial charge in [-0.1, -0.05) is 30.3 Å². The van der Waals surface area contributed by atoms with Gasteiger partial charge in [0, 0.05) is 18.9 Å². The average Bonchev–Trinajstić information content (AvgIpc) is 2.55. The van der Waals surface area contributed by atoms with E-state index in [1.54, 1.807) is 24.5 Å². The molecule has 114 valence electrons. The first kappa shape index (κ1) is 15.5. The summed E-state index contributed by atoms with van der Waals surface area (Å²) >= 11 is 0. The lowest BCUT2D eigenvalue weighted by Crippen LogP contribution is -2.37. The molecule has 2 aromatic rings. The first-order valence-corrected chi connectivity index (χ1v) is 6.77. The molecule has 0 saturated heterocycles. The molecule has 0 spiro atoms. The van der Waals surface area contributed by atoms with Crippen LogP contribution in [0.4, 0.5) is 9.59 Å². The van der Waals surface area contributed by atoms with Gasteiger partial charge >= 0.3 is 12.2 Å². The van der Waals surface area contributed by atoms with E-state index in [0.717, 1.165) is 11.1 Å². The van der Waals surface area contributed by atoms with Crippen LogP contribution in [0.15, 0.2) is 54.9 Å². The van der Waals surface area contributed by atoms with Crippen molar-refractivity contribution in [3.8, 4) is 0 Å². The van der Waals surface area contributed by atoms with E-state index >= 15 is 0 Å². The summed E-state index contributed by atoms with van der Waals surface area (Å²) in [6.07, 6.45) is 1.40. The fourth-order valence-electron chi connectivity index (χ4n) is 1.85. The third-order valence-corrected chi connectivity index (χ3v) is 3.03. The van der Waals surface area contributed by atoms with E-state index in [9.17, 15) is 9.59 Å². The van der Waals surface area contributed by atoms with Crippen LogP contribution < -0.4 is 0 Å². The van der Waals surface area contributed by atoms with Gasteiger partial charge in [-0.05, 0) is 29.7 Å². The number of rotatable bonds is 5. The zero-order valence-corrected chi connectivity index (χ0v) is 11.9. The van der Waals surface area contributed by atoms with Crippen molar-refractivity contribution in [2.24, 2.45) is 0 Å². The summed E-state index contributed by atoms with van der Waals surface area (Å²) in [5, 5.41) is 9.13. The van der Waals surface area contributed by atoms with Crippen molar-refractivity contribution in [3.05, 3.63) is 66.0 Å². The average molecular weight is 300 g/mol. The van der Waals surface area contributed by atoms with Crippen LogP contribution in [0.3, 0.4) is 0 Å². The molecular formula is C16H16N2O4. The number of carboxylic acid groups (broad SMARTS) is 1. The van der Waals surface area contributed by atoms with Gasteiger partial charge in [-0.3, -0.25) is 4.98 Å². The number of carbonyl (C=O) groups excluding carboxylic acids is 1. The number of nitrogens with zero attached hydrogens (tertiary/aromatic N) is 2. The topological polar surface area (TPSA) is 79.7 Å². The number of hydrogen-bond donors (Lipinski definition) is 1. The van der Waals surface area contributed by atoms with Crippen molar-refractivity contribution in [2.75, 3.05) is 6.54 Å². The summed E-state index contributed by atoms with van der Waals surface area (Å²) in [6, 6.07) is 12.8. The summed E-state index contributed by atoms with van der Waals surface area (Å²) in [6.45, 7) is 0.0605. The van der Waals surface area contributed by atoms with Crippen LogP contribution in [0.1, 0.15) is 11.1 Å². The molecule has 1 aromatic heterocycles. The highest BCUT2D eigenvalue weighted by Crippen LogP contribution is 2.06. The quantitative estimate of drug-likeness (QED) is 0.918. The maximum Gasteiger partial charge on any atom is 0.419 e. The van der Waals surface area contributed by atoms with Crippen LogP contribution in [0.25, 0.3) is 0 Å².